The Labute approximate surface area is 309 Å². The fourth-order valence-corrected chi connectivity index (χ4v) is 9.58. The van der Waals surface area contributed by atoms with Crippen LogP contribution in [0.25, 0.3) is 43.7 Å². The highest BCUT2D eigenvalue weighted by Crippen LogP contribution is 2.49. The lowest BCUT2D eigenvalue weighted by atomic mass is 10.00. The zero-order chi connectivity index (χ0) is 34.6. The molecule has 0 radical (unpaired) electrons. The number of nitrogens with one attached hydrogen (secondary N) is 1. The second kappa shape index (κ2) is 12.6. The lowest BCUT2D eigenvalue weighted by Gasteiger charge is -2.29. The summed E-state index contributed by atoms with van der Waals surface area (Å²) < 4.78 is 2.31. The molecule has 1 aromatic heterocycles. The number of para-hydroxylation sites is 1. The third kappa shape index (κ3) is 5.20. The van der Waals surface area contributed by atoms with E-state index in [-0.39, 0.29) is 0 Å². The van der Waals surface area contributed by atoms with Crippen molar-refractivity contribution in [3.05, 3.63) is 175 Å². The Bertz CT molecular complexity index is 2780. The maximum Gasteiger partial charge on any atom is 0.201 e. The van der Waals surface area contributed by atoms with E-state index in [4.69, 9.17) is 15.7 Å². The molecule has 1 atom stereocenters. The molecule has 0 saturated carbocycles. The van der Waals surface area contributed by atoms with Crippen LogP contribution >= 0.6 is 23.5 Å². The molecule has 0 bridgehead atoms. The number of nitrogens with zero attached hydrogens (tertiary/aromatic N) is 3. The van der Waals surface area contributed by atoms with Crippen LogP contribution in [0.2, 0.25) is 0 Å². The van der Waals surface area contributed by atoms with Crippen LogP contribution in [0, 0.1) is 0 Å². The van der Waals surface area contributed by atoms with Gasteiger partial charge in [0, 0.05) is 42.1 Å². The summed E-state index contributed by atoms with van der Waals surface area (Å²) >= 11 is 3.70. The number of aliphatic imine (C=N–C) groups is 2. The second-order valence-corrected chi connectivity index (χ2v) is 15.0. The molecule has 0 amide bonds. The average molecular weight is 706 g/mol. The van der Waals surface area contributed by atoms with Crippen LogP contribution in [-0.2, 0) is 0 Å². The van der Waals surface area contributed by atoms with Crippen molar-refractivity contribution in [2.24, 2.45) is 15.7 Å². The molecule has 5 nitrogen and oxygen atoms in total. The second-order valence-electron chi connectivity index (χ2n) is 12.8. The number of hydrogen-bond acceptors (Lipinski definition) is 6. The van der Waals surface area contributed by atoms with E-state index >= 15 is 0 Å². The van der Waals surface area contributed by atoms with E-state index in [0.29, 0.717) is 5.71 Å². The minimum atomic E-state index is -0.482. The fraction of sp³-hybridized carbons (Fsp3) is 0.0222. The number of nitrogens with two attached hydrogens (primary N) is 1. The van der Waals surface area contributed by atoms with Gasteiger partial charge in [0.1, 0.15) is 5.71 Å². The molecule has 3 N–H and O–H groups in total. The number of allylic oxidation sites excluding steroid dienone is 1. The van der Waals surface area contributed by atoms with Crippen LogP contribution in [0.1, 0.15) is 11.9 Å². The normalized spacial score (nSPS) is 16.9. The number of aromatic nitrogens is 1. The Hall–Kier alpha value is -6.02. The Morgan fingerprint density at radius 2 is 1.25 bits per heavy atom. The van der Waals surface area contributed by atoms with E-state index in [1.807, 2.05) is 72.1 Å². The van der Waals surface area contributed by atoms with Crippen LogP contribution in [0.5, 0.6) is 0 Å². The molecule has 0 saturated heterocycles. The monoisotopic (exact) mass is 705 g/mol. The van der Waals surface area contributed by atoms with Gasteiger partial charge in [-0.25, -0.2) is 9.98 Å². The Balaban J connectivity index is 1.17. The molecule has 2 aliphatic rings. The van der Waals surface area contributed by atoms with Crippen molar-refractivity contribution in [3.63, 3.8) is 0 Å². The van der Waals surface area contributed by atoms with Gasteiger partial charge in [-0.3, -0.25) is 0 Å². The first kappa shape index (κ1) is 30.8. The van der Waals surface area contributed by atoms with Gasteiger partial charge in [0.05, 0.1) is 28.1 Å². The lowest BCUT2D eigenvalue weighted by Crippen LogP contribution is -2.38. The zero-order valence-corrected chi connectivity index (χ0v) is 29.5. The highest BCUT2D eigenvalue weighted by Gasteiger charge is 2.29. The van der Waals surface area contributed by atoms with Crippen molar-refractivity contribution < 1.29 is 0 Å². The molecule has 248 valence electrons. The van der Waals surface area contributed by atoms with Crippen molar-refractivity contribution in [2.75, 3.05) is 0 Å². The van der Waals surface area contributed by atoms with Crippen LogP contribution in [-0.4, -0.2) is 16.0 Å². The fourth-order valence-electron chi connectivity index (χ4n) is 7.32. The molecule has 0 aliphatic carbocycles. The highest BCUT2D eigenvalue weighted by molar-refractivity contribution is 8.05. The molecule has 10 rings (SSSR count). The molecular formula is C45H31N5S2. The van der Waals surface area contributed by atoms with Crippen LogP contribution < -0.4 is 11.1 Å². The summed E-state index contributed by atoms with van der Waals surface area (Å²) in [5, 5.41) is 8.46. The third-order valence-corrected chi connectivity index (χ3v) is 12.3. The summed E-state index contributed by atoms with van der Waals surface area (Å²) in [5.41, 5.74) is 15.0. The predicted octanol–water partition coefficient (Wildman–Crippen LogP) is 11.4. The standard InChI is InChI=1S/C45H31N5S2/c46-27-35-44(47-32-14-5-2-6-15-32)43(29-12-3-1-4-13-29)49-45(48-35)50-36-22-20-30(25-34(36)42-33-16-8-7-11-28(33)19-23-37(42)50)31-21-24-40-41(26-31)52-39-18-10-9-17-38(39)51-40/h1-27,45,48H,46H2. The van der Waals surface area contributed by atoms with Gasteiger partial charge in [-0.05, 0) is 76.5 Å². The van der Waals surface area contributed by atoms with Crippen molar-refractivity contribution in [1.29, 1.82) is 0 Å². The van der Waals surface area contributed by atoms with Gasteiger partial charge in [-0.1, -0.05) is 127 Å². The van der Waals surface area contributed by atoms with Crippen molar-refractivity contribution in [1.82, 2.24) is 9.88 Å². The molecule has 3 heterocycles. The highest BCUT2D eigenvalue weighted by atomic mass is 32.2. The summed E-state index contributed by atoms with van der Waals surface area (Å²) in [4.78, 5) is 15.7. The Morgan fingerprint density at radius 1 is 0.596 bits per heavy atom. The topological polar surface area (TPSA) is 67.7 Å². The molecule has 0 fully saturated rings. The summed E-state index contributed by atoms with van der Waals surface area (Å²) in [6, 6.07) is 55.6. The number of benzene rings is 7. The largest absolute Gasteiger partial charge is 0.403 e. The molecule has 1 unspecified atom stereocenters. The molecule has 52 heavy (non-hydrogen) atoms. The van der Waals surface area contributed by atoms with Crippen molar-refractivity contribution in [2.45, 2.75) is 25.9 Å². The van der Waals surface area contributed by atoms with E-state index < -0.39 is 6.29 Å². The third-order valence-electron chi connectivity index (χ3n) is 9.73. The Morgan fingerprint density at radius 3 is 2.06 bits per heavy atom. The molecule has 8 aromatic rings. The summed E-state index contributed by atoms with van der Waals surface area (Å²) in [6.45, 7) is 0. The maximum atomic E-state index is 6.39. The smallest absolute Gasteiger partial charge is 0.201 e. The van der Waals surface area contributed by atoms with E-state index in [1.54, 1.807) is 6.20 Å². The van der Waals surface area contributed by atoms with Gasteiger partial charge >= 0.3 is 0 Å². The van der Waals surface area contributed by atoms with E-state index in [2.05, 4.69) is 119 Å². The van der Waals surface area contributed by atoms with Gasteiger partial charge in [-0.2, -0.15) is 0 Å². The van der Waals surface area contributed by atoms with E-state index in [0.717, 1.165) is 33.7 Å². The SMILES string of the molecule is NC=C1NC(n2c3ccc(-c4ccc5c(c4)Sc4ccccc4S5)cc3c3c4ccccc4ccc32)N=C(c2ccccc2)C1=Nc1ccccc1. The van der Waals surface area contributed by atoms with Crippen LogP contribution in [0.15, 0.2) is 199 Å². The van der Waals surface area contributed by atoms with Crippen LogP contribution in [0.3, 0.4) is 0 Å². The maximum absolute atomic E-state index is 6.39. The van der Waals surface area contributed by atoms with Crippen molar-refractivity contribution in [3.8, 4) is 11.1 Å². The van der Waals surface area contributed by atoms with Gasteiger partial charge in [0.15, 0.2) is 0 Å². The lowest BCUT2D eigenvalue weighted by molar-refractivity contribution is 0.490. The van der Waals surface area contributed by atoms with Gasteiger partial charge in [0.25, 0.3) is 0 Å². The molecular weight excluding hydrogens is 675 g/mol. The summed E-state index contributed by atoms with van der Waals surface area (Å²) in [7, 11) is 0. The van der Waals surface area contributed by atoms with Gasteiger partial charge in [0.2, 0.25) is 6.29 Å². The molecule has 0 spiro atoms. The van der Waals surface area contributed by atoms with Gasteiger partial charge < -0.3 is 15.6 Å². The first-order valence-corrected chi connectivity index (χ1v) is 18.9. The number of rotatable bonds is 4. The summed E-state index contributed by atoms with van der Waals surface area (Å²) in [6.07, 6.45) is 1.13. The minimum absolute atomic E-state index is 0.482. The predicted molar refractivity (Wildman–Crippen MR) is 218 cm³/mol. The Kier molecular flexibility index (Phi) is 7.48. The van der Waals surface area contributed by atoms with Gasteiger partial charge in [-0.15, -0.1) is 0 Å². The molecule has 2 aliphatic heterocycles. The van der Waals surface area contributed by atoms with Crippen LogP contribution in [0.4, 0.5) is 5.69 Å². The quantitative estimate of drug-likeness (QED) is 0.191. The van der Waals surface area contributed by atoms with E-state index in [1.165, 1.54) is 52.3 Å². The number of fused-ring (bicyclic) bond motifs is 7. The minimum Gasteiger partial charge on any atom is -0.403 e. The number of hydrogen-bond donors (Lipinski definition) is 2. The molecule has 7 heteroatoms. The zero-order valence-electron chi connectivity index (χ0n) is 27.9. The summed E-state index contributed by atoms with van der Waals surface area (Å²) in [5.74, 6) is 0. The molecule has 7 aromatic carbocycles. The first-order valence-electron chi connectivity index (χ1n) is 17.2. The average Bonchev–Trinajstić information content (AvgIpc) is 3.55. The van der Waals surface area contributed by atoms with Crippen molar-refractivity contribution >= 4 is 73.2 Å². The van der Waals surface area contributed by atoms with E-state index in [9.17, 15) is 0 Å². The first-order chi connectivity index (χ1) is 25.7.